The summed E-state index contributed by atoms with van der Waals surface area (Å²) in [7, 11) is -3.87. The standard InChI is InChI=1S/C9H9BrN6O2S/c10-6-3-7(9(15-11)14-4-6)19(17,18)16-8-5-12-1-2-13-8/h1-5H,11H2,(H,13,16)(H,14,15). The zero-order valence-electron chi connectivity index (χ0n) is 9.41. The van der Waals surface area contributed by atoms with Gasteiger partial charge in [0.15, 0.2) is 11.6 Å². The van der Waals surface area contributed by atoms with Gasteiger partial charge >= 0.3 is 0 Å². The third kappa shape index (κ3) is 3.16. The molecule has 100 valence electrons. The number of hydrogen-bond donors (Lipinski definition) is 3. The molecule has 0 aliphatic heterocycles. The Morgan fingerprint density at radius 2 is 2.00 bits per heavy atom. The lowest BCUT2D eigenvalue weighted by atomic mass is 10.5. The monoisotopic (exact) mass is 344 g/mol. The van der Waals surface area contributed by atoms with E-state index in [0.29, 0.717) is 4.47 Å². The largest absolute Gasteiger partial charge is 0.307 e. The Morgan fingerprint density at radius 3 is 2.63 bits per heavy atom. The van der Waals surface area contributed by atoms with Crippen LogP contribution in [0.3, 0.4) is 0 Å². The van der Waals surface area contributed by atoms with Crippen LogP contribution < -0.4 is 16.0 Å². The van der Waals surface area contributed by atoms with Crippen molar-refractivity contribution < 1.29 is 8.42 Å². The number of aromatic nitrogens is 3. The van der Waals surface area contributed by atoms with Gasteiger partial charge in [0.25, 0.3) is 10.0 Å². The van der Waals surface area contributed by atoms with Gasteiger partial charge in [-0.15, -0.1) is 0 Å². The zero-order chi connectivity index (χ0) is 13.9. The molecule has 19 heavy (non-hydrogen) atoms. The van der Waals surface area contributed by atoms with Gasteiger partial charge in [-0.1, -0.05) is 0 Å². The number of hydrazine groups is 1. The molecule has 2 heterocycles. The van der Waals surface area contributed by atoms with Crippen molar-refractivity contribution in [2.45, 2.75) is 4.90 Å². The van der Waals surface area contributed by atoms with Crippen LogP contribution in [0.2, 0.25) is 0 Å². The first kappa shape index (κ1) is 13.6. The smallest absolute Gasteiger partial charge is 0.266 e. The maximum Gasteiger partial charge on any atom is 0.266 e. The van der Waals surface area contributed by atoms with Gasteiger partial charge in [-0.2, -0.15) is 0 Å². The quantitative estimate of drug-likeness (QED) is 0.551. The van der Waals surface area contributed by atoms with Crippen LogP contribution in [0, 0.1) is 0 Å². The highest BCUT2D eigenvalue weighted by Crippen LogP contribution is 2.23. The molecule has 0 amide bonds. The molecular weight excluding hydrogens is 336 g/mol. The fourth-order valence-electron chi connectivity index (χ4n) is 1.28. The Balaban J connectivity index is 2.42. The molecule has 8 nitrogen and oxygen atoms in total. The van der Waals surface area contributed by atoms with Gasteiger partial charge in [0.1, 0.15) is 4.90 Å². The van der Waals surface area contributed by atoms with E-state index in [4.69, 9.17) is 5.84 Å². The van der Waals surface area contributed by atoms with Crippen molar-refractivity contribution >= 4 is 37.6 Å². The van der Waals surface area contributed by atoms with Crippen molar-refractivity contribution in [3.8, 4) is 0 Å². The van der Waals surface area contributed by atoms with Crippen molar-refractivity contribution in [3.63, 3.8) is 0 Å². The molecule has 0 spiro atoms. The summed E-state index contributed by atoms with van der Waals surface area (Å²) in [5.41, 5.74) is 2.23. The molecule has 0 aromatic carbocycles. The molecule has 0 unspecified atom stereocenters. The molecule has 10 heteroatoms. The second-order valence-corrected chi connectivity index (χ2v) is 5.91. The fraction of sp³-hybridized carbons (Fsp3) is 0. The highest BCUT2D eigenvalue weighted by molar-refractivity contribution is 9.10. The summed E-state index contributed by atoms with van der Waals surface area (Å²) in [6.07, 6.45) is 5.53. The van der Waals surface area contributed by atoms with E-state index in [0.717, 1.165) is 0 Å². The Hall–Kier alpha value is -1.78. The topological polar surface area (TPSA) is 123 Å². The van der Waals surface area contributed by atoms with Gasteiger partial charge in [0, 0.05) is 23.1 Å². The average Bonchev–Trinajstić information content (AvgIpc) is 2.39. The van der Waals surface area contributed by atoms with Crippen molar-refractivity contribution in [3.05, 3.63) is 35.3 Å². The summed E-state index contributed by atoms with van der Waals surface area (Å²) in [4.78, 5) is 11.4. The summed E-state index contributed by atoms with van der Waals surface area (Å²) in [6.45, 7) is 0. The molecular formula is C9H9BrN6O2S. The number of nitrogens with one attached hydrogen (secondary N) is 2. The first-order valence-electron chi connectivity index (χ1n) is 4.94. The Morgan fingerprint density at radius 1 is 1.21 bits per heavy atom. The highest BCUT2D eigenvalue weighted by atomic mass is 79.9. The minimum atomic E-state index is -3.87. The van der Waals surface area contributed by atoms with E-state index in [1.807, 2.05) is 0 Å². The molecule has 0 saturated carbocycles. The van der Waals surface area contributed by atoms with E-state index in [1.165, 1.54) is 30.9 Å². The number of anilines is 2. The molecule has 0 aliphatic carbocycles. The van der Waals surface area contributed by atoms with Gasteiger partial charge in [-0.25, -0.2) is 24.2 Å². The van der Waals surface area contributed by atoms with Crippen molar-refractivity contribution in [2.24, 2.45) is 5.84 Å². The minimum Gasteiger partial charge on any atom is -0.307 e. The van der Waals surface area contributed by atoms with Crippen LogP contribution in [0.15, 0.2) is 40.2 Å². The van der Waals surface area contributed by atoms with E-state index >= 15 is 0 Å². The van der Waals surface area contributed by atoms with Crippen LogP contribution >= 0.6 is 15.9 Å². The number of sulfonamides is 1. The van der Waals surface area contributed by atoms with Gasteiger partial charge < -0.3 is 5.43 Å². The van der Waals surface area contributed by atoms with Crippen LogP contribution in [0.4, 0.5) is 11.6 Å². The number of halogens is 1. The van der Waals surface area contributed by atoms with E-state index < -0.39 is 10.0 Å². The third-order valence-corrected chi connectivity index (χ3v) is 3.85. The molecule has 0 atom stereocenters. The molecule has 0 radical (unpaired) electrons. The number of nitrogens with zero attached hydrogens (tertiary/aromatic N) is 3. The van der Waals surface area contributed by atoms with Crippen LogP contribution in [0.1, 0.15) is 0 Å². The molecule has 2 aromatic heterocycles. The average molecular weight is 345 g/mol. The third-order valence-electron chi connectivity index (χ3n) is 2.05. The number of pyridine rings is 1. The van der Waals surface area contributed by atoms with Crippen LogP contribution in [0.5, 0.6) is 0 Å². The van der Waals surface area contributed by atoms with Gasteiger partial charge in [-0.3, -0.25) is 9.71 Å². The molecule has 0 bridgehead atoms. The summed E-state index contributed by atoms with van der Waals surface area (Å²) >= 11 is 3.15. The second kappa shape index (κ2) is 5.47. The van der Waals surface area contributed by atoms with Crippen LogP contribution in [-0.4, -0.2) is 23.4 Å². The normalized spacial score (nSPS) is 11.1. The Labute approximate surface area is 117 Å². The van der Waals surface area contributed by atoms with E-state index in [1.54, 1.807) is 0 Å². The minimum absolute atomic E-state index is 0.0274. The molecule has 0 aliphatic rings. The number of nitrogens with two attached hydrogens (primary N) is 1. The van der Waals surface area contributed by atoms with Crippen LogP contribution in [-0.2, 0) is 10.0 Å². The maximum absolute atomic E-state index is 12.2. The molecule has 4 N–H and O–H groups in total. The van der Waals surface area contributed by atoms with Crippen molar-refractivity contribution in [2.75, 3.05) is 10.1 Å². The Kier molecular flexibility index (Phi) is 3.93. The number of hydrogen-bond acceptors (Lipinski definition) is 7. The predicted molar refractivity (Wildman–Crippen MR) is 72.6 cm³/mol. The van der Waals surface area contributed by atoms with E-state index in [-0.39, 0.29) is 16.5 Å². The fourth-order valence-corrected chi connectivity index (χ4v) is 2.90. The van der Waals surface area contributed by atoms with Gasteiger partial charge in [0.05, 0.1) is 6.20 Å². The summed E-state index contributed by atoms with van der Waals surface area (Å²) in [5.74, 6) is 5.37. The maximum atomic E-state index is 12.2. The lowest BCUT2D eigenvalue weighted by Crippen LogP contribution is -2.19. The molecule has 0 saturated heterocycles. The number of rotatable bonds is 4. The zero-order valence-corrected chi connectivity index (χ0v) is 11.8. The van der Waals surface area contributed by atoms with Crippen molar-refractivity contribution in [1.29, 1.82) is 0 Å². The van der Waals surface area contributed by atoms with Gasteiger partial charge in [-0.05, 0) is 22.0 Å². The van der Waals surface area contributed by atoms with E-state index in [9.17, 15) is 8.42 Å². The van der Waals surface area contributed by atoms with Crippen LogP contribution in [0.25, 0.3) is 0 Å². The first-order chi connectivity index (χ1) is 9.03. The summed E-state index contributed by atoms with van der Waals surface area (Å²) < 4.78 is 27.2. The number of nitrogen functional groups attached to an aromatic ring is 1. The SMILES string of the molecule is NNc1ncc(Br)cc1S(=O)(=O)Nc1cnccn1. The molecule has 0 fully saturated rings. The highest BCUT2D eigenvalue weighted by Gasteiger charge is 2.20. The Bertz CT molecular complexity index is 678. The summed E-state index contributed by atoms with van der Waals surface area (Å²) in [5, 5.41) is 0. The molecule has 2 rings (SSSR count). The van der Waals surface area contributed by atoms with Crippen molar-refractivity contribution in [1.82, 2.24) is 15.0 Å². The lowest BCUT2D eigenvalue weighted by Gasteiger charge is -2.10. The predicted octanol–water partition coefficient (Wildman–Crippen LogP) is 0.720. The first-order valence-corrected chi connectivity index (χ1v) is 7.21. The summed E-state index contributed by atoms with van der Waals surface area (Å²) in [6, 6.07) is 1.38. The second-order valence-electron chi connectivity index (χ2n) is 3.34. The van der Waals surface area contributed by atoms with E-state index in [2.05, 4.69) is 41.0 Å². The lowest BCUT2D eigenvalue weighted by molar-refractivity contribution is 0.601. The van der Waals surface area contributed by atoms with Gasteiger partial charge in [0.2, 0.25) is 0 Å². The molecule has 2 aromatic rings.